The summed E-state index contributed by atoms with van der Waals surface area (Å²) < 4.78 is 28.7. The summed E-state index contributed by atoms with van der Waals surface area (Å²) >= 11 is 0. The summed E-state index contributed by atoms with van der Waals surface area (Å²) in [7, 11) is -3.56. The monoisotopic (exact) mass is 330 g/mol. The normalized spacial score (nSPS) is 22.0. The Balaban J connectivity index is 1.94. The number of rotatable bonds is 4. The Hall–Kier alpha value is -1.69. The molecule has 0 aliphatic carbocycles. The number of sulfonamides is 1. The van der Waals surface area contributed by atoms with Crippen molar-refractivity contribution in [2.75, 3.05) is 6.54 Å². The average molecular weight is 330 g/mol. The third-order valence-electron chi connectivity index (χ3n) is 4.33. The van der Waals surface area contributed by atoms with Crippen LogP contribution in [0.4, 0.5) is 0 Å². The van der Waals surface area contributed by atoms with E-state index in [2.05, 4.69) is 10.0 Å². The van der Waals surface area contributed by atoms with E-state index in [4.69, 9.17) is 0 Å². The van der Waals surface area contributed by atoms with Gasteiger partial charge in [-0.3, -0.25) is 0 Å². The van der Waals surface area contributed by atoms with Gasteiger partial charge in [0.1, 0.15) is 0 Å². The molecule has 122 valence electrons. The maximum absolute atomic E-state index is 12.9. The number of piperidine rings is 1. The lowest BCUT2D eigenvalue weighted by molar-refractivity contribution is 0.349. The zero-order valence-corrected chi connectivity index (χ0v) is 14.0. The molecule has 1 fully saturated rings. The molecule has 0 bridgehead atoms. The molecule has 1 aliphatic rings. The molecule has 0 radical (unpaired) electrons. The fourth-order valence-electron chi connectivity index (χ4n) is 3.02. The van der Waals surface area contributed by atoms with Crippen molar-refractivity contribution in [3.63, 3.8) is 0 Å². The van der Waals surface area contributed by atoms with Gasteiger partial charge in [-0.2, -0.15) is 0 Å². The van der Waals surface area contributed by atoms with Crippen LogP contribution < -0.4 is 10.0 Å². The Morgan fingerprint density at radius 2 is 1.74 bits per heavy atom. The van der Waals surface area contributed by atoms with Crippen LogP contribution in [0.2, 0.25) is 0 Å². The molecule has 2 aromatic rings. The van der Waals surface area contributed by atoms with E-state index in [1.165, 1.54) is 0 Å². The quantitative estimate of drug-likeness (QED) is 0.906. The van der Waals surface area contributed by atoms with Gasteiger partial charge in [0.25, 0.3) is 0 Å². The van der Waals surface area contributed by atoms with E-state index in [-0.39, 0.29) is 12.1 Å². The lowest BCUT2D eigenvalue weighted by Crippen LogP contribution is -2.51. The first kappa shape index (κ1) is 16.2. The minimum Gasteiger partial charge on any atom is -0.313 e. The fourth-order valence-corrected chi connectivity index (χ4v) is 4.61. The molecule has 4 nitrogen and oxygen atoms in total. The molecular weight excluding hydrogens is 308 g/mol. The molecule has 0 amide bonds. The second-order valence-electron chi connectivity index (χ2n) is 5.97. The van der Waals surface area contributed by atoms with Gasteiger partial charge >= 0.3 is 0 Å². The lowest BCUT2D eigenvalue weighted by Gasteiger charge is -2.30. The molecule has 0 saturated carbocycles. The van der Waals surface area contributed by atoms with Gasteiger partial charge in [0, 0.05) is 17.6 Å². The Labute approximate surface area is 138 Å². The van der Waals surface area contributed by atoms with Crippen molar-refractivity contribution in [2.24, 2.45) is 0 Å². The smallest absolute Gasteiger partial charge is 0.241 e. The SMILES string of the molecule is CC1NCCCC1NS(=O)(=O)c1ccccc1-c1ccccc1. The van der Waals surface area contributed by atoms with Gasteiger partial charge in [0.05, 0.1) is 4.90 Å². The van der Waals surface area contributed by atoms with Crippen LogP contribution in [0.5, 0.6) is 0 Å². The lowest BCUT2D eigenvalue weighted by atomic mass is 10.0. The standard InChI is InChI=1S/C18H22N2O2S/c1-14-17(11-7-13-19-14)20-23(21,22)18-12-6-5-10-16(18)15-8-3-2-4-9-15/h2-6,8-10,12,14,17,19-20H,7,11,13H2,1H3. The van der Waals surface area contributed by atoms with Crippen LogP contribution in [0.3, 0.4) is 0 Å². The van der Waals surface area contributed by atoms with Crippen LogP contribution in [0.1, 0.15) is 19.8 Å². The fraction of sp³-hybridized carbons (Fsp3) is 0.333. The van der Waals surface area contributed by atoms with Gasteiger partial charge < -0.3 is 5.32 Å². The van der Waals surface area contributed by atoms with E-state index >= 15 is 0 Å². The molecule has 2 aromatic carbocycles. The van der Waals surface area contributed by atoms with Gasteiger partial charge in [0.15, 0.2) is 0 Å². The second kappa shape index (κ2) is 6.83. The summed E-state index contributed by atoms with van der Waals surface area (Å²) in [6, 6.07) is 16.8. The highest BCUT2D eigenvalue weighted by atomic mass is 32.2. The van der Waals surface area contributed by atoms with E-state index in [1.54, 1.807) is 12.1 Å². The molecule has 0 aromatic heterocycles. The van der Waals surface area contributed by atoms with E-state index in [1.807, 2.05) is 49.4 Å². The Morgan fingerprint density at radius 3 is 2.48 bits per heavy atom. The highest BCUT2D eigenvalue weighted by Gasteiger charge is 2.27. The predicted octanol–water partition coefficient (Wildman–Crippen LogP) is 2.77. The molecular formula is C18H22N2O2S. The molecule has 0 spiro atoms. The maximum atomic E-state index is 12.9. The number of benzene rings is 2. The maximum Gasteiger partial charge on any atom is 0.241 e. The zero-order valence-electron chi connectivity index (χ0n) is 13.2. The van der Waals surface area contributed by atoms with Crippen molar-refractivity contribution >= 4 is 10.0 Å². The molecule has 2 unspecified atom stereocenters. The number of hydrogen-bond acceptors (Lipinski definition) is 3. The Kier molecular flexibility index (Phi) is 4.80. The number of hydrogen-bond donors (Lipinski definition) is 2. The first-order valence-corrected chi connectivity index (χ1v) is 9.46. The average Bonchev–Trinajstić information content (AvgIpc) is 2.58. The summed E-state index contributed by atoms with van der Waals surface area (Å²) in [6.45, 7) is 2.97. The first-order valence-electron chi connectivity index (χ1n) is 7.98. The topological polar surface area (TPSA) is 58.2 Å². The van der Waals surface area contributed by atoms with E-state index in [0.717, 1.165) is 30.5 Å². The van der Waals surface area contributed by atoms with Crippen molar-refractivity contribution in [3.05, 3.63) is 54.6 Å². The van der Waals surface area contributed by atoms with Crippen molar-refractivity contribution in [1.29, 1.82) is 0 Å². The third-order valence-corrected chi connectivity index (χ3v) is 5.88. The highest BCUT2D eigenvalue weighted by Crippen LogP contribution is 2.27. The van der Waals surface area contributed by atoms with Crippen LogP contribution in [0.15, 0.2) is 59.5 Å². The van der Waals surface area contributed by atoms with Crippen LogP contribution in [0.25, 0.3) is 11.1 Å². The third kappa shape index (κ3) is 3.63. The Morgan fingerprint density at radius 1 is 1.04 bits per heavy atom. The minimum absolute atomic E-state index is 0.0717. The van der Waals surface area contributed by atoms with Crippen molar-refractivity contribution in [3.8, 4) is 11.1 Å². The molecule has 23 heavy (non-hydrogen) atoms. The van der Waals surface area contributed by atoms with Crippen molar-refractivity contribution in [2.45, 2.75) is 36.7 Å². The summed E-state index contributed by atoms with van der Waals surface area (Å²) in [5.74, 6) is 0. The Bertz CT molecular complexity index is 760. The molecule has 2 atom stereocenters. The van der Waals surface area contributed by atoms with Crippen LogP contribution in [-0.4, -0.2) is 27.0 Å². The summed E-state index contributed by atoms with van der Waals surface area (Å²) in [4.78, 5) is 0.337. The van der Waals surface area contributed by atoms with Gasteiger partial charge in [-0.05, 0) is 37.9 Å². The van der Waals surface area contributed by atoms with Crippen LogP contribution in [-0.2, 0) is 10.0 Å². The minimum atomic E-state index is -3.56. The van der Waals surface area contributed by atoms with E-state index in [0.29, 0.717) is 4.90 Å². The molecule has 5 heteroatoms. The van der Waals surface area contributed by atoms with Gasteiger partial charge in [-0.15, -0.1) is 0 Å². The van der Waals surface area contributed by atoms with E-state index < -0.39 is 10.0 Å². The second-order valence-corrected chi connectivity index (χ2v) is 7.66. The first-order chi connectivity index (χ1) is 11.1. The molecule has 2 N–H and O–H groups in total. The molecule has 1 heterocycles. The summed E-state index contributed by atoms with van der Waals surface area (Å²) in [5, 5.41) is 3.33. The van der Waals surface area contributed by atoms with Crippen molar-refractivity contribution in [1.82, 2.24) is 10.0 Å². The van der Waals surface area contributed by atoms with Gasteiger partial charge in [-0.25, -0.2) is 13.1 Å². The largest absolute Gasteiger partial charge is 0.313 e. The molecule has 1 aliphatic heterocycles. The number of nitrogens with one attached hydrogen (secondary N) is 2. The molecule has 1 saturated heterocycles. The van der Waals surface area contributed by atoms with E-state index in [9.17, 15) is 8.42 Å². The van der Waals surface area contributed by atoms with Crippen LogP contribution >= 0.6 is 0 Å². The van der Waals surface area contributed by atoms with Gasteiger partial charge in [-0.1, -0.05) is 48.5 Å². The van der Waals surface area contributed by atoms with Gasteiger partial charge in [0.2, 0.25) is 10.0 Å². The highest BCUT2D eigenvalue weighted by molar-refractivity contribution is 7.89. The molecule has 3 rings (SSSR count). The summed E-state index contributed by atoms with van der Waals surface area (Å²) in [6.07, 6.45) is 1.85. The zero-order chi connectivity index (χ0) is 16.3. The van der Waals surface area contributed by atoms with Crippen LogP contribution in [0, 0.1) is 0 Å². The predicted molar refractivity (Wildman–Crippen MR) is 92.7 cm³/mol. The summed E-state index contributed by atoms with van der Waals surface area (Å²) in [5.41, 5.74) is 1.64. The van der Waals surface area contributed by atoms with Crippen molar-refractivity contribution < 1.29 is 8.42 Å².